The van der Waals surface area contributed by atoms with Crippen LogP contribution >= 0.6 is 0 Å². The van der Waals surface area contributed by atoms with Crippen LogP contribution in [0.15, 0.2) is 0 Å². The van der Waals surface area contributed by atoms with Gasteiger partial charge in [0, 0.05) is 25.7 Å². The van der Waals surface area contributed by atoms with Crippen LogP contribution < -0.4 is 11.1 Å². The van der Waals surface area contributed by atoms with Crippen molar-refractivity contribution in [2.24, 2.45) is 11.1 Å². The van der Waals surface area contributed by atoms with Crippen LogP contribution in [0.2, 0.25) is 0 Å². The number of hydrogen-bond acceptors (Lipinski definition) is 4. The quantitative estimate of drug-likeness (QED) is 0.742. The third-order valence-electron chi connectivity index (χ3n) is 4.38. The van der Waals surface area contributed by atoms with Gasteiger partial charge in [-0.3, -0.25) is 4.79 Å². The number of likely N-dealkylation sites (N-methyl/N-ethyl adjacent to an activating group) is 1. The lowest BCUT2D eigenvalue weighted by molar-refractivity contribution is -0.131. The lowest BCUT2D eigenvalue weighted by atomic mass is 9.84. The topological polar surface area (TPSA) is 67.6 Å². The van der Waals surface area contributed by atoms with E-state index in [0.717, 1.165) is 39.0 Å². The summed E-state index contributed by atoms with van der Waals surface area (Å²) in [5.74, 6) is 0.0873. The summed E-state index contributed by atoms with van der Waals surface area (Å²) < 4.78 is 5.63. The van der Waals surface area contributed by atoms with E-state index in [2.05, 4.69) is 17.3 Å². The zero-order valence-electron chi connectivity index (χ0n) is 11.4. The minimum absolute atomic E-state index is 0.00699. The predicted molar refractivity (Wildman–Crippen MR) is 70.2 cm³/mol. The van der Waals surface area contributed by atoms with Gasteiger partial charge in [-0.05, 0) is 26.8 Å². The molecule has 0 bridgehead atoms. The molecule has 5 nitrogen and oxygen atoms in total. The number of rotatable bonds is 3. The fourth-order valence-corrected chi connectivity index (χ4v) is 2.87. The molecule has 5 heteroatoms. The van der Waals surface area contributed by atoms with Crippen LogP contribution in [0.5, 0.6) is 0 Å². The number of carbonyl (C=O) groups is 1. The van der Waals surface area contributed by atoms with Crippen LogP contribution in [0.1, 0.15) is 26.2 Å². The summed E-state index contributed by atoms with van der Waals surface area (Å²) in [5.41, 5.74) is 5.66. The third kappa shape index (κ3) is 2.84. The highest BCUT2D eigenvalue weighted by atomic mass is 16.5. The van der Waals surface area contributed by atoms with Crippen molar-refractivity contribution < 1.29 is 9.53 Å². The van der Waals surface area contributed by atoms with Gasteiger partial charge in [0.05, 0.1) is 18.1 Å². The highest BCUT2D eigenvalue weighted by molar-refractivity contribution is 5.83. The van der Waals surface area contributed by atoms with Gasteiger partial charge in [0.1, 0.15) is 0 Å². The van der Waals surface area contributed by atoms with Crippen molar-refractivity contribution in [2.75, 3.05) is 33.3 Å². The molecule has 0 aromatic rings. The van der Waals surface area contributed by atoms with Crippen molar-refractivity contribution in [2.45, 2.75) is 38.3 Å². The van der Waals surface area contributed by atoms with Crippen LogP contribution in [0.25, 0.3) is 0 Å². The zero-order valence-corrected chi connectivity index (χ0v) is 11.4. The Morgan fingerprint density at radius 3 is 3.00 bits per heavy atom. The second kappa shape index (κ2) is 5.55. The Morgan fingerprint density at radius 2 is 2.39 bits per heavy atom. The van der Waals surface area contributed by atoms with Crippen molar-refractivity contribution >= 4 is 5.91 Å². The van der Waals surface area contributed by atoms with E-state index in [1.165, 1.54) is 0 Å². The van der Waals surface area contributed by atoms with Crippen molar-refractivity contribution in [1.82, 2.24) is 10.2 Å². The first kappa shape index (κ1) is 13.8. The molecule has 2 fully saturated rings. The van der Waals surface area contributed by atoms with Crippen molar-refractivity contribution in [3.63, 3.8) is 0 Å². The molecular formula is C13H25N3O2. The minimum Gasteiger partial charge on any atom is -0.374 e. The first-order valence-corrected chi connectivity index (χ1v) is 6.86. The highest BCUT2D eigenvalue weighted by Gasteiger charge is 2.42. The van der Waals surface area contributed by atoms with E-state index in [4.69, 9.17) is 10.5 Å². The van der Waals surface area contributed by atoms with E-state index in [9.17, 15) is 4.79 Å². The Hall–Kier alpha value is -0.650. The number of carbonyl (C=O) groups excluding carboxylic acids is 1. The smallest absolute Gasteiger partial charge is 0.227 e. The number of morpholine rings is 1. The second-order valence-electron chi connectivity index (χ2n) is 5.88. The normalized spacial score (nSPS) is 37.7. The Morgan fingerprint density at radius 1 is 1.61 bits per heavy atom. The Balaban J connectivity index is 1.81. The zero-order chi connectivity index (χ0) is 13.2. The molecule has 3 atom stereocenters. The van der Waals surface area contributed by atoms with Gasteiger partial charge >= 0.3 is 0 Å². The van der Waals surface area contributed by atoms with Gasteiger partial charge < -0.3 is 20.7 Å². The molecule has 0 radical (unpaired) electrons. The molecule has 2 aliphatic rings. The third-order valence-corrected chi connectivity index (χ3v) is 4.38. The number of nitrogens with zero attached hydrogens (tertiary/aromatic N) is 1. The van der Waals surface area contributed by atoms with Crippen molar-refractivity contribution in [1.29, 1.82) is 0 Å². The summed E-state index contributed by atoms with van der Waals surface area (Å²) >= 11 is 0. The molecule has 3 unspecified atom stereocenters. The van der Waals surface area contributed by atoms with Gasteiger partial charge in [-0.1, -0.05) is 6.42 Å². The SMILES string of the molecule is CN1CCOC(CNC(=O)C2(C)CCCC2N)C1. The van der Waals surface area contributed by atoms with E-state index >= 15 is 0 Å². The number of amides is 1. The monoisotopic (exact) mass is 255 g/mol. The van der Waals surface area contributed by atoms with Gasteiger partial charge in [0.15, 0.2) is 0 Å². The molecule has 104 valence electrons. The van der Waals surface area contributed by atoms with Gasteiger partial charge in [-0.2, -0.15) is 0 Å². The number of hydrogen-bond donors (Lipinski definition) is 2. The van der Waals surface area contributed by atoms with Gasteiger partial charge in [-0.15, -0.1) is 0 Å². The molecule has 0 aromatic heterocycles. The maximum absolute atomic E-state index is 12.2. The summed E-state index contributed by atoms with van der Waals surface area (Å²) in [5, 5.41) is 3.02. The van der Waals surface area contributed by atoms with Gasteiger partial charge in [0.2, 0.25) is 5.91 Å². The Kier molecular flexibility index (Phi) is 4.25. The molecule has 2 rings (SSSR count). The summed E-state index contributed by atoms with van der Waals surface area (Å²) in [4.78, 5) is 14.5. The number of ether oxygens (including phenoxy) is 1. The van der Waals surface area contributed by atoms with Crippen LogP contribution in [-0.4, -0.2) is 56.2 Å². The largest absolute Gasteiger partial charge is 0.374 e. The summed E-state index contributed by atoms with van der Waals surface area (Å²) in [6, 6.07) is -0.00699. The fourth-order valence-electron chi connectivity index (χ4n) is 2.87. The molecule has 1 saturated carbocycles. The predicted octanol–water partition coefficient (Wildman–Crippen LogP) is -0.0493. The molecular weight excluding hydrogens is 230 g/mol. The van der Waals surface area contributed by atoms with E-state index in [0.29, 0.717) is 6.54 Å². The molecule has 1 aliphatic carbocycles. The molecule has 1 heterocycles. The van der Waals surface area contributed by atoms with Crippen LogP contribution in [0.4, 0.5) is 0 Å². The fraction of sp³-hybridized carbons (Fsp3) is 0.923. The van der Waals surface area contributed by atoms with Crippen LogP contribution in [0.3, 0.4) is 0 Å². The molecule has 3 N–H and O–H groups in total. The maximum Gasteiger partial charge on any atom is 0.227 e. The van der Waals surface area contributed by atoms with E-state index in [1.54, 1.807) is 0 Å². The van der Waals surface area contributed by atoms with Crippen LogP contribution in [-0.2, 0) is 9.53 Å². The Bertz CT molecular complexity index is 311. The first-order valence-electron chi connectivity index (χ1n) is 6.86. The van der Waals surface area contributed by atoms with Crippen LogP contribution in [0, 0.1) is 5.41 Å². The molecule has 1 aliphatic heterocycles. The maximum atomic E-state index is 12.2. The molecule has 1 amide bonds. The van der Waals surface area contributed by atoms with Gasteiger partial charge in [-0.25, -0.2) is 0 Å². The van der Waals surface area contributed by atoms with E-state index < -0.39 is 0 Å². The lowest BCUT2D eigenvalue weighted by Gasteiger charge is -2.32. The number of nitrogens with one attached hydrogen (secondary N) is 1. The standard InChI is InChI=1S/C13H25N3O2/c1-13(5-3-4-11(13)14)12(17)15-8-10-9-16(2)6-7-18-10/h10-11H,3-9,14H2,1-2H3,(H,15,17). The molecule has 0 spiro atoms. The first-order chi connectivity index (χ1) is 8.52. The van der Waals surface area contributed by atoms with Gasteiger partial charge in [0.25, 0.3) is 0 Å². The molecule has 18 heavy (non-hydrogen) atoms. The molecule has 1 saturated heterocycles. The second-order valence-corrected chi connectivity index (χ2v) is 5.88. The highest BCUT2D eigenvalue weighted by Crippen LogP contribution is 2.36. The molecule has 0 aromatic carbocycles. The number of nitrogens with two attached hydrogens (primary N) is 1. The summed E-state index contributed by atoms with van der Waals surface area (Å²) in [6.07, 6.45) is 3.00. The average Bonchev–Trinajstić information content (AvgIpc) is 2.68. The lowest BCUT2D eigenvalue weighted by Crippen LogP contribution is -2.51. The van der Waals surface area contributed by atoms with E-state index in [1.807, 2.05) is 6.92 Å². The van der Waals surface area contributed by atoms with E-state index in [-0.39, 0.29) is 23.5 Å². The summed E-state index contributed by atoms with van der Waals surface area (Å²) in [6.45, 7) is 5.16. The van der Waals surface area contributed by atoms with Crippen molar-refractivity contribution in [3.8, 4) is 0 Å². The Labute approximate surface area is 109 Å². The minimum atomic E-state index is -0.388. The van der Waals surface area contributed by atoms with Crippen molar-refractivity contribution in [3.05, 3.63) is 0 Å². The average molecular weight is 255 g/mol. The summed E-state index contributed by atoms with van der Waals surface area (Å²) in [7, 11) is 2.07.